The first-order valence-electron chi connectivity index (χ1n) is 6.02. The number of aromatic nitrogens is 1. The second-order valence-electron chi connectivity index (χ2n) is 3.98. The molecule has 0 aliphatic carbocycles. The maximum Gasteiger partial charge on any atom is 0.272 e. The van der Waals surface area contributed by atoms with E-state index in [0.717, 1.165) is 10.9 Å². The van der Waals surface area contributed by atoms with Gasteiger partial charge in [0.2, 0.25) is 0 Å². The molecule has 0 bridgehead atoms. The standard InChI is InChI=1S/C14H15ClN2O/c1-3-17(4-2)14(18)13-9-11(15)10-7-5-6-8-12(10)16-13/h5-9H,3-4H2,1-2H3. The molecule has 0 N–H and O–H groups in total. The first-order chi connectivity index (χ1) is 8.67. The number of carbonyl (C=O) groups is 1. The van der Waals surface area contributed by atoms with Crippen LogP contribution < -0.4 is 0 Å². The first-order valence-corrected chi connectivity index (χ1v) is 6.39. The highest BCUT2D eigenvalue weighted by atomic mass is 35.5. The van der Waals surface area contributed by atoms with Crippen LogP contribution in [0.5, 0.6) is 0 Å². The molecule has 4 heteroatoms. The normalized spacial score (nSPS) is 10.6. The van der Waals surface area contributed by atoms with Crippen LogP contribution in [0.15, 0.2) is 30.3 Å². The highest BCUT2D eigenvalue weighted by Gasteiger charge is 2.15. The summed E-state index contributed by atoms with van der Waals surface area (Å²) in [6, 6.07) is 9.19. The Labute approximate surface area is 111 Å². The quantitative estimate of drug-likeness (QED) is 0.850. The van der Waals surface area contributed by atoms with Crippen LogP contribution in [0.4, 0.5) is 0 Å². The van der Waals surface area contributed by atoms with Crippen LogP contribution in [0.2, 0.25) is 5.02 Å². The number of rotatable bonds is 3. The smallest absolute Gasteiger partial charge is 0.272 e. The van der Waals surface area contributed by atoms with E-state index in [0.29, 0.717) is 23.8 Å². The summed E-state index contributed by atoms with van der Waals surface area (Å²) in [4.78, 5) is 18.3. The van der Waals surface area contributed by atoms with Crippen molar-refractivity contribution in [3.05, 3.63) is 41.0 Å². The van der Waals surface area contributed by atoms with E-state index >= 15 is 0 Å². The number of halogens is 1. The molecule has 0 aliphatic heterocycles. The van der Waals surface area contributed by atoms with Crippen molar-refractivity contribution in [3.8, 4) is 0 Å². The molecule has 2 aromatic rings. The third kappa shape index (κ3) is 2.31. The number of nitrogens with zero attached hydrogens (tertiary/aromatic N) is 2. The summed E-state index contributed by atoms with van der Waals surface area (Å²) in [5, 5.41) is 1.44. The summed E-state index contributed by atoms with van der Waals surface area (Å²) >= 11 is 6.19. The zero-order valence-corrected chi connectivity index (χ0v) is 11.2. The highest BCUT2D eigenvalue weighted by molar-refractivity contribution is 6.35. The van der Waals surface area contributed by atoms with E-state index < -0.39 is 0 Å². The lowest BCUT2D eigenvalue weighted by atomic mass is 10.2. The van der Waals surface area contributed by atoms with Gasteiger partial charge in [-0.1, -0.05) is 29.8 Å². The summed E-state index contributed by atoms with van der Waals surface area (Å²) in [6.07, 6.45) is 0. The molecular formula is C14H15ClN2O. The van der Waals surface area contributed by atoms with Gasteiger partial charge in [-0.25, -0.2) is 4.98 Å². The Balaban J connectivity index is 2.49. The number of hydrogen-bond acceptors (Lipinski definition) is 2. The summed E-state index contributed by atoms with van der Waals surface area (Å²) in [5.41, 5.74) is 1.16. The molecule has 1 heterocycles. The fourth-order valence-corrected chi connectivity index (χ4v) is 2.18. The van der Waals surface area contributed by atoms with Crippen molar-refractivity contribution < 1.29 is 4.79 Å². The zero-order chi connectivity index (χ0) is 13.1. The van der Waals surface area contributed by atoms with Gasteiger partial charge in [0.15, 0.2) is 0 Å². The van der Waals surface area contributed by atoms with Crippen LogP contribution in [0, 0.1) is 0 Å². The Morgan fingerprint density at radius 1 is 1.28 bits per heavy atom. The Bertz CT molecular complexity index is 579. The van der Waals surface area contributed by atoms with Crippen LogP contribution in [-0.2, 0) is 0 Å². The van der Waals surface area contributed by atoms with Crippen molar-refractivity contribution in [1.82, 2.24) is 9.88 Å². The third-order valence-electron chi connectivity index (χ3n) is 2.94. The molecule has 0 atom stereocenters. The van der Waals surface area contributed by atoms with Gasteiger partial charge < -0.3 is 4.90 Å². The van der Waals surface area contributed by atoms with Gasteiger partial charge in [0.1, 0.15) is 5.69 Å². The van der Waals surface area contributed by atoms with E-state index in [-0.39, 0.29) is 5.91 Å². The topological polar surface area (TPSA) is 33.2 Å². The van der Waals surface area contributed by atoms with E-state index in [1.807, 2.05) is 38.1 Å². The molecule has 1 aromatic heterocycles. The average molecular weight is 263 g/mol. The largest absolute Gasteiger partial charge is 0.338 e. The predicted octanol–water partition coefficient (Wildman–Crippen LogP) is 3.37. The average Bonchev–Trinajstić information content (AvgIpc) is 2.40. The molecule has 0 saturated carbocycles. The van der Waals surface area contributed by atoms with Crippen LogP contribution in [0.3, 0.4) is 0 Å². The molecular weight excluding hydrogens is 248 g/mol. The maximum atomic E-state index is 12.2. The Hall–Kier alpha value is -1.61. The van der Waals surface area contributed by atoms with Gasteiger partial charge in [-0.05, 0) is 26.0 Å². The molecule has 2 rings (SSSR count). The monoisotopic (exact) mass is 262 g/mol. The van der Waals surface area contributed by atoms with E-state index in [4.69, 9.17) is 11.6 Å². The summed E-state index contributed by atoms with van der Waals surface area (Å²) < 4.78 is 0. The zero-order valence-electron chi connectivity index (χ0n) is 10.5. The van der Waals surface area contributed by atoms with Crippen LogP contribution >= 0.6 is 11.6 Å². The number of hydrogen-bond donors (Lipinski definition) is 0. The van der Waals surface area contributed by atoms with Crippen molar-refractivity contribution in [1.29, 1.82) is 0 Å². The number of benzene rings is 1. The van der Waals surface area contributed by atoms with Gasteiger partial charge in [-0.2, -0.15) is 0 Å². The second-order valence-corrected chi connectivity index (χ2v) is 4.39. The van der Waals surface area contributed by atoms with Gasteiger partial charge in [-0.3, -0.25) is 4.79 Å². The van der Waals surface area contributed by atoms with Gasteiger partial charge in [0, 0.05) is 18.5 Å². The van der Waals surface area contributed by atoms with Crippen molar-refractivity contribution in [3.63, 3.8) is 0 Å². The van der Waals surface area contributed by atoms with Crippen molar-refractivity contribution >= 4 is 28.4 Å². The molecule has 1 aromatic carbocycles. The van der Waals surface area contributed by atoms with Gasteiger partial charge in [0.05, 0.1) is 10.5 Å². The number of fused-ring (bicyclic) bond motifs is 1. The second kappa shape index (κ2) is 5.36. The molecule has 3 nitrogen and oxygen atoms in total. The van der Waals surface area contributed by atoms with Gasteiger partial charge in [0.25, 0.3) is 5.91 Å². The molecule has 0 aliphatic rings. The van der Waals surface area contributed by atoms with Crippen LogP contribution in [-0.4, -0.2) is 28.9 Å². The number of pyridine rings is 1. The maximum absolute atomic E-state index is 12.2. The minimum absolute atomic E-state index is 0.0762. The van der Waals surface area contributed by atoms with E-state index in [1.165, 1.54) is 0 Å². The van der Waals surface area contributed by atoms with Gasteiger partial charge in [-0.15, -0.1) is 0 Å². The molecule has 1 amide bonds. The lowest BCUT2D eigenvalue weighted by Gasteiger charge is -2.18. The molecule has 0 radical (unpaired) electrons. The minimum Gasteiger partial charge on any atom is -0.338 e. The van der Waals surface area contributed by atoms with E-state index in [2.05, 4.69) is 4.98 Å². The molecule has 94 valence electrons. The Morgan fingerprint density at radius 2 is 1.94 bits per heavy atom. The van der Waals surface area contributed by atoms with Crippen molar-refractivity contribution in [2.24, 2.45) is 0 Å². The Kier molecular flexibility index (Phi) is 3.82. The SMILES string of the molecule is CCN(CC)C(=O)c1cc(Cl)c2ccccc2n1. The third-order valence-corrected chi connectivity index (χ3v) is 3.25. The molecule has 18 heavy (non-hydrogen) atoms. The lowest BCUT2D eigenvalue weighted by Crippen LogP contribution is -2.31. The molecule has 0 spiro atoms. The van der Waals surface area contributed by atoms with Crippen LogP contribution in [0.1, 0.15) is 24.3 Å². The Morgan fingerprint density at radius 3 is 2.61 bits per heavy atom. The highest BCUT2D eigenvalue weighted by Crippen LogP contribution is 2.23. The number of carbonyl (C=O) groups excluding carboxylic acids is 1. The van der Waals surface area contributed by atoms with Crippen molar-refractivity contribution in [2.75, 3.05) is 13.1 Å². The molecule has 0 fully saturated rings. The number of para-hydroxylation sites is 1. The van der Waals surface area contributed by atoms with Crippen molar-refractivity contribution in [2.45, 2.75) is 13.8 Å². The van der Waals surface area contributed by atoms with Gasteiger partial charge >= 0.3 is 0 Å². The van der Waals surface area contributed by atoms with Crippen LogP contribution in [0.25, 0.3) is 10.9 Å². The first kappa shape index (κ1) is 12.8. The molecule has 0 unspecified atom stereocenters. The summed E-state index contributed by atoms with van der Waals surface area (Å²) in [6.45, 7) is 5.23. The fourth-order valence-electron chi connectivity index (χ4n) is 1.92. The molecule has 0 saturated heterocycles. The predicted molar refractivity (Wildman–Crippen MR) is 74.0 cm³/mol. The summed E-state index contributed by atoms with van der Waals surface area (Å²) in [5.74, 6) is -0.0762. The van der Waals surface area contributed by atoms with E-state index in [1.54, 1.807) is 11.0 Å². The minimum atomic E-state index is -0.0762. The van der Waals surface area contributed by atoms with E-state index in [9.17, 15) is 4.79 Å². The summed E-state index contributed by atoms with van der Waals surface area (Å²) in [7, 11) is 0. The lowest BCUT2D eigenvalue weighted by molar-refractivity contribution is 0.0767. The fraction of sp³-hybridized carbons (Fsp3) is 0.286. The number of amides is 1.